The fourth-order valence-electron chi connectivity index (χ4n) is 1.53. The molecular weight excluding hydrogens is 221 g/mol. The van der Waals surface area contributed by atoms with E-state index in [1.807, 2.05) is 11.9 Å². The van der Waals surface area contributed by atoms with Gasteiger partial charge in [-0.15, -0.1) is 0 Å². The van der Waals surface area contributed by atoms with Crippen LogP contribution in [0.3, 0.4) is 0 Å². The Morgan fingerprint density at radius 2 is 2.24 bits per heavy atom. The molecule has 17 heavy (non-hydrogen) atoms. The van der Waals surface area contributed by atoms with Gasteiger partial charge in [0.2, 0.25) is 5.91 Å². The summed E-state index contributed by atoms with van der Waals surface area (Å²) in [6.07, 6.45) is 0.993. The zero-order valence-electron chi connectivity index (χ0n) is 10.2. The molecule has 0 bridgehead atoms. The topological polar surface area (TPSA) is 58.4 Å². The summed E-state index contributed by atoms with van der Waals surface area (Å²) in [6.45, 7) is 3.22. The van der Waals surface area contributed by atoms with Gasteiger partial charge in [-0.3, -0.25) is 9.69 Å². The predicted octanol–water partition coefficient (Wildman–Crippen LogP) is 1.69. The van der Waals surface area contributed by atoms with Crippen LogP contribution in [0.2, 0.25) is 0 Å². The Hall–Kier alpha value is -1.62. The number of nitrogens with one attached hydrogen (secondary N) is 1. The van der Waals surface area contributed by atoms with E-state index >= 15 is 0 Å². The van der Waals surface area contributed by atoms with Crippen molar-refractivity contribution < 1.29 is 9.18 Å². The van der Waals surface area contributed by atoms with E-state index in [4.69, 9.17) is 5.73 Å². The Kier molecular flexibility index (Phi) is 4.90. The lowest BCUT2D eigenvalue weighted by Crippen LogP contribution is -2.30. The number of carbonyl (C=O) groups excluding carboxylic acids is 1. The smallest absolute Gasteiger partial charge is 0.238 e. The molecule has 94 valence electrons. The zero-order chi connectivity index (χ0) is 12.8. The van der Waals surface area contributed by atoms with E-state index < -0.39 is 5.82 Å². The highest BCUT2D eigenvalue weighted by atomic mass is 19.1. The average molecular weight is 239 g/mol. The number of rotatable bonds is 5. The number of hydrogen-bond acceptors (Lipinski definition) is 3. The molecular formula is C12H18FN3O. The van der Waals surface area contributed by atoms with Gasteiger partial charge in [0.15, 0.2) is 0 Å². The van der Waals surface area contributed by atoms with Gasteiger partial charge < -0.3 is 11.1 Å². The number of anilines is 2. The third kappa shape index (κ3) is 4.40. The Morgan fingerprint density at radius 1 is 1.53 bits per heavy atom. The number of nitrogens with zero attached hydrogens (tertiary/aromatic N) is 1. The first-order chi connectivity index (χ1) is 8.02. The molecule has 1 aromatic rings. The minimum absolute atomic E-state index is 0.0321. The maximum Gasteiger partial charge on any atom is 0.238 e. The van der Waals surface area contributed by atoms with Crippen molar-refractivity contribution in [2.75, 3.05) is 31.2 Å². The predicted molar refractivity (Wildman–Crippen MR) is 67.2 cm³/mol. The molecule has 0 saturated carbocycles. The molecule has 0 aromatic heterocycles. The molecule has 0 aliphatic heterocycles. The SMILES string of the molecule is CCCN(C)CC(=O)Nc1ccc(F)c(N)c1. The Bertz CT molecular complexity index is 395. The van der Waals surface area contributed by atoms with Crippen LogP contribution in [0.15, 0.2) is 18.2 Å². The monoisotopic (exact) mass is 239 g/mol. The average Bonchev–Trinajstić information content (AvgIpc) is 2.23. The Balaban J connectivity index is 2.53. The van der Waals surface area contributed by atoms with E-state index in [9.17, 15) is 9.18 Å². The number of nitrogen functional groups attached to an aromatic ring is 1. The van der Waals surface area contributed by atoms with E-state index in [-0.39, 0.29) is 11.6 Å². The number of carbonyl (C=O) groups is 1. The summed E-state index contributed by atoms with van der Waals surface area (Å²) in [5.41, 5.74) is 5.95. The van der Waals surface area contributed by atoms with Gasteiger partial charge in [0.1, 0.15) is 5.82 Å². The molecule has 0 spiro atoms. The number of nitrogens with two attached hydrogens (primary N) is 1. The van der Waals surface area contributed by atoms with Gasteiger partial charge in [0.05, 0.1) is 12.2 Å². The highest BCUT2D eigenvalue weighted by Gasteiger charge is 2.07. The number of benzene rings is 1. The summed E-state index contributed by atoms with van der Waals surface area (Å²) >= 11 is 0. The molecule has 0 aliphatic rings. The number of hydrogen-bond donors (Lipinski definition) is 2. The summed E-state index contributed by atoms with van der Waals surface area (Å²) in [5.74, 6) is -0.613. The van der Waals surface area contributed by atoms with Crippen molar-refractivity contribution in [1.29, 1.82) is 0 Å². The van der Waals surface area contributed by atoms with Gasteiger partial charge in [-0.1, -0.05) is 6.92 Å². The maximum atomic E-state index is 12.9. The molecule has 0 heterocycles. The quantitative estimate of drug-likeness (QED) is 0.769. The number of amides is 1. The van der Waals surface area contributed by atoms with Crippen LogP contribution in [0, 0.1) is 5.82 Å². The lowest BCUT2D eigenvalue weighted by molar-refractivity contribution is -0.117. The summed E-state index contributed by atoms with van der Waals surface area (Å²) in [5, 5.41) is 2.67. The van der Waals surface area contributed by atoms with E-state index in [1.165, 1.54) is 18.2 Å². The summed E-state index contributed by atoms with van der Waals surface area (Å²) in [6, 6.07) is 4.14. The van der Waals surface area contributed by atoms with Crippen LogP contribution in [0.1, 0.15) is 13.3 Å². The largest absolute Gasteiger partial charge is 0.396 e. The van der Waals surface area contributed by atoms with Gasteiger partial charge in [-0.05, 0) is 38.2 Å². The molecule has 1 rings (SSSR count). The molecule has 1 amide bonds. The third-order valence-electron chi connectivity index (χ3n) is 2.30. The van der Waals surface area contributed by atoms with Crippen LogP contribution in [0.4, 0.5) is 15.8 Å². The fourth-order valence-corrected chi connectivity index (χ4v) is 1.53. The second-order valence-electron chi connectivity index (χ2n) is 4.02. The van der Waals surface area contributed by atoms with Crippen LogP contribution in [0.5, 0.6) is 0 Å². The van der Waals surface area contributed by atoms with Crippen LogP contribution in [-0.4, -0.2) is 30.9 Å². The highest BCUT2D eigenvalue weighted by molar-refractivity contribution is 5.92. The van der Waals surface area contributed by atoms with Crippen molar-refractivity contribution in [2.45, 2.75) is 13.3 Å². The van der Waals surface area contributed by atoms with Gasteiger partial charge in [-0.25, -0.2) is 4.39 Å². The van der Waals surface area contributed by atoms with E-state index in [0.717, 1.165) is 13.0 Å². The van der Waals surface area contributed by atoms with Crippen molar-refractivity contribution in [2.24, 2.45) is 0 Å². The minimum Gasteiger partial charge on any atom is -0.396 e. The van der Waals surface area contributed by atoms with Crippen molar-refractivity contribution in [3.63, 3.8) is 0 Å². The summed E-state index contributed by atoms with van der Waals surface area (Å²) in [4.78, 5) is 13.5. The zero-order valence-corrected chi connectivity index (χ0v) is 10.2. The van der Waals surface area contributed by atoms with Crippen LogP contribution < -0.4 is 11.1 Å². The van der Waals surface area contributed by atoms with Gasteiger partial charge in [0.25, 0.3) is 0 Å². The number of halogens is 1. The maximum absolute atomic E-state index is 12.9. The third-order valence-corrected chi connectivity index (χ3v) is 2.30. The van der Waals surface area contributed by atoms with Gasteiger partial charge in [0, 0.05) is 5.69 Å². The Morgan fingerprint density at radius 3 is 2.82 bits per heavy atom. The molecule has 0 fully saturated rings. The lowest BCUT2D eigenvalue weighted by Gasteiger charge is -2.15. The molecule has 0 aliphatic carbocycles. The van der Waals surface area contributed by atoms with Gasteiger partial charge in [-0.2, -0.15) is 0 Å². The molecule has 4 nitrogen and oxygen atoms in total. The van der Waals surface area contributed by atoms with E-state index in [2.05, 4.69) is 12.2 Å². The van der Waals surface area contributed by atoms with E-state index in [0.29, 0.717) is 12.2 Å². The van der Waals surface area contributed by atoms with Crippen LogP contribution >= 0.6 is 0 Å². The molecule has 5 heteroatoms. The summed E-state index contributed by atoms with van der Waals surface area (Å²) in [7, 11) is 1.88. The first-order valence-electron chi connectivity index (χ1n) is 5.56. The van der Waals surface area contributed by atoms with Crippen LogP contribution in [-0.2, 0) is 4.79 Å². The minimum atomic E-state index is -0.480. The lowest BCUT2D eigenvalue weighted by atomic mass is 10.2. The van der Waals surface area contributed by atoms with Crippen molar-refractivity contribution >= 4 is 17.3 Å². The molecule has 3 N–H and O–H groups in total. The van der Waals surface area contributed by atoms with Gasteiger partial charge >= 0.3 is 0 Å². The van der Waals surface area contributed by atoms with Crippen molar-refractivity contribution in [3.8, 4) is 0 Å². The second-order valence-corrected chi connectivity index (χ2v) is 4.02. The Labute approximate surface area is 101 Å². The van der Waals surface area contributed by atoms with Crippen molar-refractivity contribution in [3.05, 3.63) is 24.0 Å². The molecule has 1 aromatic carbocycles. The van der Waals surface area contributed by atoms with Crippen LogP contribution in [0.25, 0.3) is 0 Å². The molecule has 0 radical (unpaired) electrons. The fraction of sp³-hybridized carbons (Fsp3) is 0.417. The highest BCUT2D eigenvalue weighted by Crippen LogP contribution is 2.16. The first kappa shape index (κ1) is 13.4. The van der Waals surface area contributed by atoms with E-state index in [1.54, 1.807) is 0 Å². The standard InChI is InChI=1S/C12H18FN3O/c1-3-6-16(2)8-12(17)15-9-4-5-10(13)11(14)7-9/h4-5,7H,3,6,8,14H2,1-2H3,(H,15,17). The summed E-state index contributed by atoms with van der Waals surface area (Å²) < 4.78 is 12.9. The number of likely N-dealkylation sites (N-methyl/N-ethyl adjacent to an activating group) is 1. The first-order valence-corrected chi connectivity index (χ1v) is 5.56. The van der Waals surface area contributed by atoms with Crippen molar-refractivity contribution in [1.82, 2.24) is 4.90 Å². The molecule has 0 saturated heterocycles. The second kappa shape index (κ2) is 6.20. The molecule has 0 unspecified atom stereocenters. The normalized spacial score (nSPS) is 10.6. The molecule has 0 atom stereocenters.